The summed E-state index contributed by atoms with van der Waals surface area (Å²) in [4.78, 5) is 21.3. The monoisotopic (exact) mass is 377 g/mol. The van der Waals surface area contributed by atoms with Crippen molar-refractivity contribution in [2.45, 2.75) is 6.92 Å². The molecule has 2 N–H and O–H groups in total. The summed E-state index contributed by atoms with van der Waals surface area (Å²) in [5.74, 6) is 0.460. The van der Waals surface area contributed by atoms with Crippen LogP contribution in [0, 0.1) is 22.9 Å². The van der Waals surface area contributed by atoms with E-state index in [9.17, 15) is 14.5 Å². The molecule has 0 radical (unpaired) electrons. The zero-order chi connectivity index (χ0) is 19.4. The molecular weight excluding hydrogens is 357 g/mol. The Kier molecular flexibility index (Phi) is 5.77. The van der Waals surface area contributed by atoms with E-state index < -0.39 is 16.4 Å². The molecule has 9 nitrogen and oxygen atoms in total. The molecule has 1 fully saturated rings. The van der Waals surface area contributed by atoms with E-state index in [2.05, 4.69) is 15.3 Å². The standard InChI is InChI=1S/C17H20FN5O4/c1-11-8-13(18)14(23(25)26)9-12(11)17-20-15(19-2-5-24)10-16(21-17)22-3-6-27-7-4-22/h8-10,24H,2-7H2,1H3,(H,19,20,21). The molecule has 1 aromatic heterocycles. The molecule has 2 aromatic rings. The molecule has 0 aliphatic carbocycles. The maximum absolute atomic E-state index is 13.9. The molecule has 2 heterocycles. The predicted molar refractivity (Wildman–Crippen MR) is 97.4 cm³/mol. The second-order valence-corrected chi connectivity index (χ2v) is 6.06. The first-order chi connectivity index (χ1) is 13.0. The molecule has 0 atom stereocenters. The van der Waals surface area contributed by atoms with Crippen molar-refractivity contribution in [3.05, 3.63) is 39.7 Å². The SMILES string of the molecule is Cc1cc(F)c([N+](=O)[O-])cc1-c1nc(NCCO)cc(N2CCOCC2)n1. The number of aliphatic hydroxyl groups excluding tert-OH is 1. The van der Waals surface area contributed by atoms with Gasteiger partial charge in [0.15, 0.2) is 5.82 Å². The summed E-state index contributed by atoms with van der Waals surface area (Å²) in [6, 6.07) is 4.01. The van der Waals surface area contributed by atoms with Crippen molar-refractivity contribution in [2.24, 2.45) is 0 Å². The largest absolute Gasteiger partial charge is 0.395 e. The zero-order valence-corrected chi connectivity index (χ0v) is 14.8. The molecule has 3 rings (SSSR count). The number of morpholine rings is 1. The highest BCUT2D eigenvalue weighted by molar-refractivity contribution is 5.67. The van der Waals surface area contributed by atoms with Crippen molar-refractivity contribution in [3.63, 3.8) is 0 Å². The number of nitrogens with zero attached hydrogens (tertiary/aromatic N) is 4. The molecule has 1 aromatic carbocycles. The molecule has 144 valence electrons. The predicted octanol–water partition coefficient (Wildman–Crippen LogP) is 1.74. The van der Waals surface area contributed by atoms with Crippen molar-refractivity contribution in [1.82, 2.24) is 9.97 Å². The summed E-state index contributed by atoms with van der Waals surface area (Å²) < 4.78 is 19.2. The minimum absolute atomic E-state index is 0.0761. The Balaban J connectivity index is 2.08. The van der Waals surface area contributed by atoms with Gasteiger partial charge in [-0.1, -0.05) is 0 Å². The number of aryl methyl sites for hydroxylation is 1. The smallest absolute Gasteiger partial charge is 0.305 e. The van der Waals surface area contributed by atoms with Gasteiger partial charge in [-0.3, -0.25) is 10.1 Å². The number of aliphatic hydroxyl groups is 1. The number of nitrogens with one attached hydrogen (secondary N) is 1. The summed E-state index contributed by atoms with van der Waals surface area (Å²) in [5, 5.41) is 23.1. The Morgan fingerprint density at radius 1 is 1.33 bits per heavy atom. The lowest BCUT2D eigenvalue weighted by atomic mass is 10.1. The van der Waals surface area contributed by atoms with Crippen molar-refractivity contribution in [2.75, 3.05) is 49.7 Å². The molecule has 27 heavy (non-hydrogen) atoms. The van der Waals surface area contributed by atoms with Crippen molar-refractivity contribution in [3.8, 4) is 11.4 Å². The Morgan fingerprint density at radius 2 is 2.07 bits per heavy atom. The third-order valence-corrected chi connectivity index (χ3v) is 4.20. The second-order valence-electron chi connectivity index (χ2n) is 6.06. The van der Waals surface area contributed by atoms with Crippen LogP contribution < -0.4 is 10.2 Å². The van der Waals surface area contributed by atoms with E-state index in [1.54, 1.807) is 13.0 Å². The number of nitro groups is 1. The number of benzene rings is 1. The molecule has 0 unspecified atom stereocenters. The quantitative estimate of drug-likeness (QED) is 0.578. The van der Waals surface area contributed by atoms with E-state index in [-0.39, 0.29) is 12.4 Å². The lowest BCUT2D eigenvalue weighted by Gasteiger charge is -2.28. The maximum atomic E-state index is 13.9. The number of hydrogen-bond donors (Lipinski definition) is 2. The third kappa shape index (κ3) is 4.29. The van der Waals surface area contributed by atoms with Crippen LogP contribution >= 0.6 is 0 Å². The van der Waals surface area contributed by atoms with E-state index in [4.69, 9.17) is 9.84 Å². The summed E-state index contributed by atoms with van der Waals surface area (Å²) in [6.45, 7) is 4.30. The molecule has 1 aliphatic rings. The van der Waals surface area contributed by atoms with Crippen LogP contribution in [0.5, 0.6) is 0 Å². The fraction of sp³-hybridized carbons (Fsp3) is 0.412. The summed E-state index contributed by atoms with van der Waals surface area (Å²) in [6.07, 6.45) is 0. The van der Waals surface area contributed by atoms with Gasteiger partial charge in [0.25, 0.3) is 0 Å². The van der Waals surface area contributed by atoms with E-state index in [1.165, 1.54) is 0 Å². The number of anilines is 2. The van der Waals surface area contributed by atoms with E-state index in [0.29, 0.717) is 55.6 Å². The fourth-order valence-electron chi connectivity index (χ4n) is 2.83. The summed E-state index contributed by atoms with van der Waals surface area (Å²) in [5.41, 5.74) is 0.247. The normalized spacial score (nSPS) is 14.3. The molecule has 10 heteroatoms. The number of rotatable bonds is 6. The summed E-state index contributed by atoms with van der Waals surface area (Å²) >= 11 is 0. The van der Waals surface area contributed by atoms with Crippen LogP contribution in [0.25, 0.3) is 11.4 Å². The van der Waals surface area contributed by atoms with Gasteiger partial charge in [-0.15, -0.1) is 0 Å². The highest BCUT2D eigenvalue weighted by atomic mass is 19.1. The maximum Gasteiger partial charge on any atom is 0.305 e. The minimum Gasteiger partial charge on any atom is -0.395 e. The van der Waals surface area contributed by atoms with E-state index in [1.807, 2.05) is 4.90 Å². The highest BCUT2D eigenvalue weighted by Crippen LogP contribution is 2.30. The molecule has 0 saturated carbocycles. The second kappa shape index (κ2) is 8.23. The first-order valence-electron chi connectivity index (χ1n) is 8.51. The van der Waals surface area contributed by atoms with Crippen LogP contribution in [0.15, 0.2) is 18.2 Å². The lowest BCUT2D eigenvalue weighted by molar-refractivity contribution is -0.387. The van der Waals surface area contributed by atoms with Gasteiger partial charge in [0, 0.05) is 37.3 Å². The number of nitro benzene ring substituents is 1. The average molecular weight is 377 g/mol. The molecule has 1 saturated heterocycles. The van der Waals surface area contributed by atoms with Crippen LogP contribution in [0.2, 0.25) is 0 Å². The third-order valence-electron chi connectivity index (χ3n) is 4.20. The van der Waals surface area contributed by atoms with Gasteiger partial charge in [0.1, 0.15) is 11.6 Å². The Hall–Kier alpha value is -2.85. The first kappa shape index (κ1) is 18.9. The molecule has 0 bridgehead atoms. The number of aromatic nitrogens is 2. The highest BCUT2D eigenvalue weighted by Gasteiger charge is 2.21. The number of halogens is 1. The summed E-state index contributed by atoms with van der Waals surface area (Å²) in [7, 11) is 0. The van der Waals surface area contributed by atoms with Crippen LogP contribution in [0.1, 0.15) is 5.56 Å². The Morgan fingerprint density at radius 3 is 2.74 bits per heavy atom. The van der Waals surface area contributed by atoms with Crippen LogP contribution in [0.4, 0.5) is 21.7 Å². The van der Waals surface area contributed by atoms with Gasteiger partial charge < -0.3 is 20.1 Å². The van der Waals surface area contributed by atoms with Crippen molar-refractivity contribution < 1.29 is 19.2 Å². The van der Waals surface area contributed by atoms with Gasteiger partial charge in [-0.05, 0) is 18.6 Å². The average Bonchev–Trinajstić information content (AvgIpc) is 2.66. The fourth-order valence-corrected chi connectivity index (χ4v) is 2.83. The molecular formula is C17H20FN5O4. The first-order valence-corrected chi connectivity index (χ1v) is 8.51. The Bertz CT molecular complexity index is 842. The topological polar surface area (TPSA) is 114 Å². The number of ether oxygens (including phenoxy) is 1. The zero-order valence-electron chi connectivity index (χ0n) is 14.8. The molecule has 1 aliphatic heterocycles. The minimum atomic E-state index is -0.899. The van der Waals surface area contributed by atoms with Gasteiger partial charge in [-0.25, -0.2) is 9.97 Å². The molecule has 0 amide bonds. The van der Waals surface area contributed by atoms with Gasteiger partial charge in [0.05, 0.1) is 24.7 Å². The van der Waals surface area contributed by atoms with Gasteiger partial charge >= 0.3 is 5.69 Å². The molecule has 0 spiro atoms. The van der Waals surface area contributed by atoms with E-state index in [0.717, 1.165) is 12.1 Å². The Labute approximate surface area is 155 Å². The van der Waals surface area contributed by atoms with Gasteiger partial charge in [-0.2, -0.15) is 4.39 Å². The number of hydrogen-bond acceptors (Lipinski definition) is 8. The van der Waals surface area contributed by atoms with Crippen LogP contribution in [0.3, 0.4) is 0 Å². The van der Waals surface area contributed by atoms with Crippen LogP contribution in [-0.2, 0) is 4.74 Å². The van der Waals surface area contributed by atoms with Crippen molar-refractivity contribution >= 4 is 17.3 Å². The van der Waals surface area contributed by atoms with Gasteiger partial charge in [0.2, 0.25) is 5.82 Å². The van der Waals surface area contributed by atoms with E-state index >= 15 is 0 Å². The lowest BCUT2D eigenvalue weighted by Crippen LogP contribution is -2.37. The van der Waals surface area contributed by atoms with Crippen molar-refractivity contribution in [1.29, 1.82) is 0 Å². The van der Waals surface area contributed by atoms with Crippen LogP contribution in [-0.4, -0.2) is 59.5 Å².